The number of thiophene rings is 1. The van der Waals surface area contributed by atoms with Crippen LogP contribution in [0.1, 0.15) is 21.7 Å². The molecule has 3 aromatic rings. The van der Waals surface area contributed by atoms with Gasteiger partial charge in [0.1, 0.15) is 5.82 Å². The molecule has 9 heteroatoms. The first-order valence-corrected chi connectivity index (χ1v) is 7.68. The average molecular weight is 352 g/mol. The van der Waals surface area contributed by atoms with Crippen molar-refractivity contribution in [2.75, 3.05) is 5.32 Å². The summed E-state index contributed by atoms with van der Waals surface area (Å²) in [6.45, 7) is -0.0993. The molecule has 0 unspecified atom stereocenters. The summed E-state index contributed by atoms with van der Waals surface area (Å²) in [5.41, 5.74) is 5.06. The zero-order chi connectivity index (χ0) is 17.3. The Morgan fingerprint density at radius 2 is 1.96 bits per heavy atom. The molecule has 24 heavy (non-hydrogen) atoms. The third-order valence-corrected chi connectivity index (χ3v) is 4.20. The Bertz CT molecular complexity index is 907. The Morgan fingerprint density at radius 1 is 1.21 bits per heavy atom. The number of aromatic nitrogens is 2. The molecule has 0 radical (unpaired) electrons. The van der Waals surface area contributed by atoms with Gasteiger partial charge in [0.05, 0.1) is 15.8 Å². The number of nitrogens with one attached hydrogen (secondary N) is 1. The molecular formula is C15H11F3N4OS. The van der Waals surface area contributed by atoms with E-state index in [1.54, 1.807) is 11.4 Å². The lowest BCUT2D eigenvalue weighted by atomic mass is 10.1. The quantitative estimate of drug-likeness (QED) is 0.754. The predicted octanol–water partition coefficient (Wildman–Crippen LogP) is 3.42. The van der Waals surface area contributed by atoms with Crippen molar-refractivity contribution in [2.24, 2.45) is 5.73 Å². The molecule has 3 rings (SSSR count). The van der Waals surface area contributed by atoms with Gasteiger partial charge in [-0.3, -0.25) is 4.79 Å². The molecule has 0 bridgehead atoms. The molecule has 0 aliphatic heterocycles. The number of carbonyl (C=O) groups excluding carboxylic acids is 1. The molecule has 0 aliphatic carbocycles. The first kappa shape index (κ1) is 16.2. The molecule has 0 spiro atoms. The second kappa shape index (κ2) is 6.08. The van der Waals surface area contributed by atoms with Gasteiger partial charge < -0.3 is 11.1 Å². The molecule has 0 saturated heterocycles. The maximum absolute atomic E-state index is 13.0. The highest BCUT2D eigenvalue weighted by molar-refractivity contribution is 7.17. The number of nitrogens with zero attached hydrogens (tertiary/aromatic N) is 2. The van der Waals surface area contributed by atoms with Crippen molar-refractivity contribution in [1.29, 1.82) is 0 Å². The second-order valence-corrected chi connectivity index (χ2v) is 5.82. The van der Waals surface area contributed by atoms with Crippen molar-refractivity contribution in [3.8, 4) is 0 Å². The van der Waals surface area contributed by atoms with E-state index >= 15 is 0 Å². The van der Waals surface area contributed by atoms with Gasteiger partial charge in [-0.2, -0.15) is 13.2 Å². The lowest BCUT2D eigenvalue weighted by Crippen LogP contribution is -2.17. The van der Waals surface area contributed by atoms with Crippen LogP contribution in [-0.2, 0) is 12.7 Å². The van der Waals surface area contributed by atoms with Crippen molar-refractivity contribution < 1.29 is 18.0 Å². The number of fused-ring (bicyclic) bond motifs is 1. The number of halogens is 3. The first-order chi connectivity index (χ1) is 11.4. The Morgan fingerprint density at radius 3 is 2.67 bits per heavy atom. The van der Waals surface area contributed by atoms with Gasteiger partial charge in [0.2, 0.25) is 5.82 Å². The third kappa shape index (κ3) is 3.16. The standard InChI is InChI=1S/C15H11F3N4OS/c16-15(17,18)9-4-2-1-3-8(9)7-20-13-11-10(5-6-24-11)21-14(22-13)12(19)23/h1-6H,7H2,(H2,19,23)(H,20,21,22). The van der Waals surface area contributed by atoms with Crippen molar-refractivity contribution in [3.05, 3.63) is 52.7 Å². The molecule has 0 fully saturated rings. The minimum absolute atomic E-state index is 0.0777. The zero-order valence-electron chi connectivity index (χ0n) is 12.1. The molecular weight excluding hydrogens is 341 g/mol. The Hall–Kier alpha value is -2.68. The van der Waals surface area contributed by atoms with Gasteiger partial charge in [0, 0.05) is 6.54 Å². The number of rotatable bonds is 4. The van der Waals surface area contributed by atoms with E-state index in [0.717, 1.165) is 6.07 Å². The Balaban J connectivity index is 1.95. The SMILES string of the molecule is NC(=O)c1nc(NCc2ccccc2C(F)(F)F)c2sccc2n1. The van der Waals surface area contributed by atoms with E-state index < -0.39 is 17.6 Å². The zero-order valence-corrected chi connectivity index (χ0v) is 12.9. The van der Waals surface area contributed by atoms with E-state index in [4.69, 9.17) is 5.73 Å². The van der Waals surface area contributed by atoms with Crippen LogP contribution in [0, 0.1) is 0 Å². The van der Waals surface area contributed by atoms with Gasteiger partial charge in [-0.05, 0) is 23.1 Å². The minimum atomic E-state index is -4.44. The monoisotopic (exact) mass is 352 g/mol. The highest BCUT2D eigenvalue weighted by Gasteiger charge is 2.32. The van der Waals surface area contributed by atoms with Crippen LogP contribution in [0.25, 0.3) is 10.2 Å². The first-order valence-electron chi connectivity index (χ1n) is 6.80. The van der Waals surface area contributed by atoms with Crippen LogP contribution in [0.5, 0.6) is 0 Å². The number of benzene rings is 1. The third-order valence-electron chi connectivity index (χ3n) is 3.29. The summed E-state index contributed by atoms with van der Waals surface area (Å²) in [6.07, 6.45) is -4.44. The predicted molar refractivity (Wildman–Crippen MR) is 84.7 cm³/mol. The number of anilines is 1. The summed E-state index contributed by atoms with van der Waals surface area (Å²) in [4.78, 5) is 19.3. The molecule has 124 valence electrons. The molecule has 0 aliphatic rings. The van der Waals surface area contributed by atoms with Crippen LogP contribution in [0.2, 0.25) is 0 Å². The molecule has 2 aromatic heterocycles. The van der Waals surface area contributed by atoms with Crippen LogP contribution in [0.15, 0.2) is 35.7 Å². The second-order valence-electron chi connectivity index (χ2n) is 4.90. The van der Waals surface area contributed by atoms with E-state index in [9.17, 15) is 18.0 Å². The van der Waals surface area contributed by atoms with E-state index in [1.807, 2.05) is 0 Å². The van der Waals surface area contributed by atoms with Crippen molar-refractivity contribution >= 4 is 33.3 Å². The molecule has 2 heterocycles. The lowest BCUT2D eigenvalue weighted by Gasteiger charge is -2.14. The molecule has 5 nitrogen and oxygen atoms in total. The Labute approximate surface area is 138 Å². The number of primary amides is 1. The number of alkyl halides is 3. The molecule has 0 saturated carbocycles. The van der Waals surface area contributed by atoms with Crippen LogP contribution in [-0.4, -0.2) is 15.9 Å². The maximum Gasteiger partial charge on any atom is 0.416 e. The fraction of sp³-hybridized carbons (Fsp3) is 0.133. The van der Waals surface area contributed by atoms with Gasteiger partial charge in [-0.25, -0.2) is 9.97 Å². The van der Waals surface area contributed by atoms with E-state index in [0.29, 0.717) is 10.2 Å². The van der Waals surface area contributed by atoms with Gasteiger partial charge >= 0.3 is 6.18 Å². The molecule has 1 aromatic carbocycles. The number of carbonyl (C=O) groups is 1. The fourth-order valence-electron chi connectivity index (χ4n) is 2.22. The smallest absolute Gasteiger partial charge is 0.365 e. The normalized spacial score (nSPS) is 11.6. The number of hydrogen-bond acceptors (Lipinski definition) is 5. The number of amides is 1. The van der Waals surface area contributed by atoms with Crippen molar-refractivity contribution in [2.45, 2.75) is 12.7 Å². The summed E-state index contributed by atoms with van der Waals surface area (Å²) >= 11 is 1.32. The van der Waals surface area contributed by atoms with E-state index in [2.05, 4.69) is 15.3 Å². The maximum atomic E-state index is 13.0. The summed E-state index contributed by atoms with van der Waals surface area (Å²) in [5, 5.41) is 4.60. The average Bonchev–Trinajstić information content (AvgIpc) is 3.00. The number of hydrogen-bond donors (Lipinski definition) is 2. The van der Waals surface area contributed by atoms with E-state index in [1.165, 1.54) is 29.5 Å². The highest BCUT2D eigenvalue weighted by atomic mass is 32.1. The largest absolute Gasteiger partial charge is 0.416 e. The molecule has 3 N–H and O–H groups in total. The molecule has 1 amide bonds. The summed E-state index contributed by atoms with van der Waals surface area (Å²) in [5.74, 6) is -0.713. The lowest BCUT2D eigenvalue weighted by molar-refractivity contribution is -0.138. The van der Waals surface area contributed by atoms with Crippen molar-refractivity contribution in [1.82, 2.24) is 9.97 Å². The molecule has 0 atom stereocenters. The summed E-state index contributed by atoms with van der Waals surface area (Å²) < 4.78 is 39.7. The summed E-state index contributed by atoms with van der Waals surface area (Å²) in [6, 6.07) is 6.95. The van der Waals surface area contributed by atoms with Gasteiger partial charge in [-0.15, -0.1) is 11.3 Å². The number of nitrogens with two attached hydrogens (primary N) is 1. The Kier molecular flexibility index (Phi) is 4.10. The van der Waals surface area contributed by atoms with Crippen molar-refractivity contribution in [3.63, 3.8) is 0 Å². The van der Waals surface area contributed by atoms with Crippen LogP contribution in [0.4, 0.5) is 19.0 Å². The topological polar surface area (TPSA) is 80.9 Å². The van der Waals surface area contributed by atoms with Crippen LogP contribution in [0.3, 0.4) is 0 Å². The highest BCUT2D eigenvalue weighted by Crippen LogP contribution is 2.32. The van der Waals surface area contributed by atoms with Crippen LogP contribution >= 0.6 is 11.3 Å². The summed E-state index contributed by atoms with van der Waals surface area (Å²) in [7, 11) is 0. The van der Waals surface area contributed by atoms with E-state index in [-0.39, 0.29) is 23.8 Å². The van der Waals surface area contributed by atoms with Gasteiger partial charge in [-0.1, -0.05) is 18.2 Å². The fourth-order valence-corrected chi connectivity index (χ4v) is 3.02. The minimum Gasteiger partial charge on any atom is -0.365 e. The van der Waals surface area contributed by atoms with Gasteiger partial charge in [0.25, 0.3) is 5.91 Å². The van der Waals surface area contributed by atoms with Gasteiger partial charge in [0.15, 0.2) is 0 Å². The van der Waals surface area contributed by atoms with Crippen LogP contribution < -0.4 is 11.1 Å².